The molecular formula is C54H35N. The summed E-state index contributed by atoms with van der Waals surface area (Å²) >= 11 is 0. The van der Waals surface area contributed by atoms with Crippen molar-refractivity contribution in [2.75, 3.05) is 4.90 Å². The van der Waals surface area contributed by atoms with Gasteiger partial charge in [0.15, 0.2) is 0 Å². The lowest BCUT2D eigenvalue weighted by Gasteiger charge is -2.31. The Hall–Kier alpha value is -7.22. The van der Waals surface area contributed by atoms with Crippen molar-refractivity contribution >= 4 is 81.7 Å². The van der Waals surface area contributed by atoms with E-state index in [0.29, 0.717) is 0 Å². The molecule has 0 bridgehead atoms. The quantitative estimate of drug-likeness (QED) is 0.162. The summed E-state index contributed by atoms with van der Waals surface area (Å²) < 4.78 is 0. The summed E-state index contributed by atoms with van der Waals surface area (Å²) in [5, 5.41) is 15.1. The van der Waals surface area contributed by atoms with Gasteiger partial charge in [-0.3, -0.25) is 0 Å². The van der Waals surface area contributed by atoms with Crippen LogP contribution in [0, 0.1) is 0 Å². The summed E-state index contributed by atoms with van der Waals surface area (Å²) in [6.07, 6.45) is 0. The molecule has 0 fully saturated rings. The van der Waals surface area contributed by atoms with E-state index in [0.717, 1.165) is 11.4 Å². The lowest BCUT2D eigenvalue weighted by atomic mass is 9.89. The third-order valence-corrected chi connectivity index (χ3v) is 11.4. The summed E-state index contributed by atoms with van der Waals surface area (Å²) in [7, 11) is 0. The minimum atomic E-state index is 1.11. The van der Waals surface area contributed by atoms with E-state index in [2.05, 4.69) is 217 Å². The molecule has 0 aliphatic heterocycles. The fraction of sp³-hybridized carbons (Fsp3) is 0. The highest BCUT2D eigenvalue weighted by Gasteiger charge is 2.24. The monoisotopic (exact) mass is 697 g/mol. The number of benzene rings is 11. The van der Waals surface area contributed by atoms with E-state index in [1.165, 1.54) is 92.6 Å². The van der Waals surface area contributed by atoms with Gasteiger partial charge in [0.2, 0.25) is 0 Å². The Balaban J connectivity index is 1.15. The van der Waals surface area contributed by atoms with Crippen molar-refractivity contribution in [2.24, 2.45) is 0 Å². The van der Waals surface area contributed by atoms with Crippen molar-refractivity contribution in [1.29, 1.82) is 0 Å². The van der Waals surface area contributed by atoms with Crippen molar-refractivity contribution in [3.05, 3.63) is 212 Å². The summed E-state index contributed by atoms with van der Waals surface area (Å²) in [5.41, 5.74) is 8.21. The highest BCUT2D eigenvalue weighted by Crippen LogP contribution is 2.50. The second kappa shape index (κ2) is 12.7. The minimum absolute atomic E-state index is 1.11. The maximum atomic E-state index is 2.48. The maximum absolute atomic E-state index is 2.48. The van der Waals surface area contributed by atoms with E-state index < -0.39 is 0 Å². The van der Waals surface area contributed by atoms with Crippen molar-refractivity contribution in [2.45, 2.75) is 0 Å². The summed E-state index contributed by atoms with van der Waals surface area (Å²) in [5.74, 6) is 0. The van der Waals surface area contributed by atoms with Crippen molar-refractivity contribution in [1.82, 2.24) is 0 Å². The van der Waals surface area contributed by atoms with Gasteiger partial charge in [0, 0.05) is 22.3 Å². The topological polar surface area (TPSA) is 3.24 Å². The van der Waals surface area contributed by atoms with Crippen LogP contribution in [-0.4, -0.2) is 0 Å². The molecule has 0 unspecified atom stereocenters. The Morgan fingerprint density at radius 3 is 1.35 bits per heavy atom. The Morgan fingerprint density at radius 1 is 0.236 bits per heavy atom. The van der Waals surface area contributed by atoms with Gasteiger partial charge in [-0.15, -0.1) is 0 Å². The molecule has 11 aromatic carbocycles. The van der Waals surface area contributed by atoms with Gasteiger partial charge in [0.1, 0.15) is 0 Å². The number of hydrogen-bond donors (Lipinski definition) is 0. The number of hydrogen-bond acceptors (Lipinski definition) is 1. The second-order valence-corrected chi connectivity index (χ2v) is 14.4. The Kier molecular flexibility index (Phi) is 7.25. The van der Waals surface area contributed by atoms with E-state index in [4.69, 9.17) is 0 Å². The molecule has 0 spiro atoms. The van der Waals surface area contributed by atoms with Gasteiger partial charge in [-0.1, -0.05) is 182 Å². The highest BCUT2D eigenvalue weighted by molar-refractivity contribution is 6.26. The molecule has 0 amide bonds. The normalized spacial score (nSPS) is 11.6. The van der Waals surface area contributed by atoms with Gasteiger partial charge in [-0.25, -0.2) is 0 Å². The molecule has 1 nitrogen and oxygen atoms in total. The van der Waals surface area contributed by atoms with Crippen LogP contribution in [0.15, 0.2) is 212 Å². The summed E-state index contributed by atoms with van der Waals surface area (Å²) in [6.45, 7) is 0. The largest absolute Gasteiger partial charge is 0.309 e. The SMILES string of the molecule is c1ccc(-c2c(N(c3ccc(-c4ccc5c6ccccc6c6ccccc6c5c4)cc3)c3ccc4ccccc4c3)c3ccccc3c3ccccc23)cc1. The molecule has 256 valence electrons. The predicted octanol–water partition coefficient (Wildman–Crippen LogP) is 15.4. The lowest BCUT2D eigenvalue weighted by Crippen LogP contribution is -2.12. The smallest absolute Gasteiger partial charge is 0.0624 e. The molecule has 0 saturated heterocycles. The minimum Gasteiger partial charge on any atom is -0.309 e. The van der Waals surface area contributed by atoms with Crippen LogP contribution in [0.2, 0.25) is 0 Å². The maximum Gasteiger partial charge on any atom is 0.0624 e. The van der Waals surface area contributed by atoms with Gasteiger partial charge < -0.3 is 4.90 Å². The first kappa shape index (κ1) is 31.3. The molecule has 1 heteroatoms. The first-order valence-electron chi connectivity index (χ1n) is 19.0. The van der Waals surface area contributed by atoms with E-state index in [9.17, 15) is 0 Å². The van der Waals surface area contributed by atoms with E-state index in [1.807, 2.05) is 0 Å². The summed E-state index contributed by atoms with van der Waals surface area (Å²) in [6, 6.07) is 77.9. The molecule has 11 aromatic rings. The number of nitrogens with zero attached hydrogens (tertiary/aromatic N) is 1. The van der Waals surface area contributed by atoms with Crippen LogP contribution >= 0.6 is 0 Å². The van der Waals surface area contributed by atoms with Gasteiger partial charge in [-0.05, 0) is 106 Å². The van der Waals surface area contributed by atoms with Crippen LogP contribution in [0.3, 0.4) is 0 Å². The third kappa shape index (κ3) is 5.09. The number of rotatable bonds is 5. The van der Waals surface area contributed by atoms with Crippen LogP contribution in [0.5, 0.6) is 0 Å². The number of fused-ring (bicyclic) bond motifs is 10. The second-order valence-electron chi connectivity index (χ2n) is 14.4. The third-order valence-electron chi connectivity index (χ3n) is 11.4. The fourth-order valence-corrected chi connectivity index (χ4v) is 8.87. The fourth-order valence-electron chi connectivity index (χ4n) is 8.87. The van der Waals surface area contributed by atoms with Crippen LogP contribution < -0.4 is 4.90 Å². The zero-order chi connectivity index (χ0) is 36.3. The zero-order valence-corrected chi connectivity index (χ0v) is 30.2. The first-order chi connectivity index (χ1) is 27.3. The van der Waals surface area contributed by atoms with Gasteiger partial charge >= 0.3 is 0 Å². The highest BCUT2D eigenvalue weighted by atomic mass is 15.1. The van der Waals surface area contributed by atoms with Crippen LogP contribution in [0.4, 0.5) is 17.1 Å². The molecule has 0 atom stereocenters. The van der Waals surface area contributed by atoms with E-state index >= 15 is 0 Å². The van der Waals surface area contributed by atoms with Crippen molar-refractivity contribution < 1.29 is 0 Å². The van der Waals surface area contributed by atoms with E-state index in [-0.39, 0.29) is 0 Å². The molecule has 0 aromatic heterocycles. The Labute approximate surface area is 320 Å². The molecule has 0 heterocycles. The van der Waals surface area contributed by atoms with Gasteiger partial charge in [0.25, 0.3) is 0 Å². The molecule has 0 aliphatic rings. The average Bonchev–Trinajstić information content (AvgIpc) is 3.27. The summed E-state index contributed by atoms with van der Waals surface area (Å²) in [4.78, 5) is 2.48. The van der Waals surface area contributed by atoms with Crippen molar-refractivity contribution in [3.8, 4) is 22.3 Å². The predicted molar refractivity (Wildman–Crippen MR) is 237 cm³/mol. The zero-order valence-electron chi connectivity index (χ0n) is 30.2. The average molecular weight is 698 g/mol. The first-order valence-corrected chi connectivity index (χ1v) is 19.0. The standard InChI is InChI=1S/C54H35N/c1-2-15-38(16-3-1)53-50-24-12-10-21-46(50)47-22-11-13-25-51(47)54(53)55(42-32-28-36-14-4-5-17-39(36)34-42)41-30-26-37(27-31-41)40-29-33-49-45-20-7-6-18-43(45)44-19-8-9-23-48(44)52(49)35-40/h1-35H. The lowest BCUT2D eigenvalue weighted by molar-refractivity contribution is 1.31. The molecule has 0 saturated carbocycles. The van der Waals surface area contributed by atoms with Crippen molar-refractivity contribution in [3.63, 3.8) is 0 Å². The molecule has 11 rings (SSSR count). The van der Waals surface area contributed by atoms with Crippen LogP contribution in [0.25, 0.3) is 86.9 Å². The molecular weight excluding hydrogens is 663 g/mol. The molecule has 55 heavy (non-hydrogen) atoms. The molecule has 0 N–H and O–H groups in total. The Morgan fingerprint density at radius 2 is 0.691 bits per heavy atom. The van der Waals surface area contributed by atoms with Gasteiger partial charge in [0.05, 0.1) is 5.69 Å². The van der Waals surface area contributed by atoms with Crippen LogP contribution in [0.1, 0.15) is 0 Å². The molecule has 0 aliphatic carbocycles. The number of anilines is 3. The molecule has 0 radical (unpaired) electrons. The Bertz CT molecular complexity index is 3220. The van der Waals surface area contributed by atoms with Crippen LogP contribution in [-0.2, 0) is 0 Å². The van der Waals surface area contributed by atoms with Gasteiger partial charge in [-0.2, -0.15) is 0 Å². The van der Waals surface area contributed by atoms with E-state index in [1.54, 1.807) is 0 Å².